The van der Waals surface area contributed by atoms with Crippen LogP contribution < -0.4 is 10.6 Å². The first-order valence-corrected chi connectivity index (χ1v) is 7.85. The number of anilines is 1. The molecular weight excluding hydrogens is 383 g/mol. The highest BCUT2D eigenvalue weighted by molar-refractivity contribution is 9.10. The monoisotopic (exact) mass is 396 g/mol. The number of urea groups is 1. The lowest BCUT2D eigenvalue weighted by atomic mass is 10.1. The predicted molar refractivity (Wildman–Crippen MR) is 87.3 cm³/mol. The van der Waals surface area contributed by atoms with Gasteiger partial charge >= 0.3 is 12.0 Å². The SMILES string of the molecule is CCCCC(NC(=O)Nc1ccc(Br)c(Cl)c1Cl)C(=O)O. The maximum absolute atomic E-state index is 11.8. The molecule has 0 aliphatic rings. The first kappa shape index (κ1) is 18.1. The van der Waals surface area contributed by atoms with E-state index in [1.807, 2.05) is 6.92 Å². The van der Waals surface area contributed by atoms with E-state index >= 15 is 0 Å². The number of hydrogen-bond donors (Lipinski definition) is 3. The predicted octanol–water partition coefficient (Wildman–Crippen LogP) is 4.52. The van der Waals surface area contributed by atoms with Crippen molar-refractivity contribution in [1.29, 1.82) is 0 Å². The zero-order valence-electron chi connectivity index (χ0n) is 11.3. The van der Waals surface area contributed by atoms with Crippen LogP contribution in [0.25, 0.3) is 0 Å². The summed E-state index contributed by atoms with van der Waals surface area (Å²) in [4.78, 5) is 22.9. The van der Waals surface area contributed by atoms with Crippen molar-refractivity contribution >= 4 is 56.8 Å². The molecule has 0 aliphatic carbocycles. The van der Waals surface area contributed by atoms with Crippen molar-refractivity contribution in [2.75, 3.05) is 5.32 Å². The number of carboxylic acid groups (broad SMARTS) is 1. The van der Waals surface area contributed by atoms with E-state index in [2.05, 4.69) is 26.6 Å². The third-order valence-corrected chi connectivity index (χ3v) is 4.50. The molecule has 1 aromatic carbocycles. The summed E-state index contributed by atoms with van der Waals surface area (Å²) in [5, 5.41) is 14.4. The molecule has 0 spiro atoms. The Morgan fingerprint density at radius 1 is 1.33 bits per heavy atom. The van der Waals surface area contributed by atoms with Gasteiger partial charge < -0.3 is 15.7 Å². The van der Waals surface area contributed by atoms with Gasteiger partial charge in [0.1, 0.15) is 6.04 Å². The lowest BCUT2D eigenvalue weighted by Crippen LogP contribution is -2.43. The Kier molecular flexibility index (Phi) is 7.28. The van der Waals surface area contributed by atoms with Crippen LogP contribution in [0.1, 0.15) is 26.2 Å². The molecule has 21 heavy (non-hydrogen) atoms. The van der Waals surface area contributed by atoms with Crippen molar-refractivity contribution < 1.29 is 14.7 Å². The Hall–Kier alpha value is -0.980. The number of benzene rings is 1. The zero-order chi connectivity index (χ0) is 16.0. The number of carbonyl (C=O) groups excluding carboxylic acids is 1. The van der Waals surface area contributed by atoms with Gasteiger partial charge in [0.05, 0.1) is 15.7 Å². The average Bonchev–Trinajstić information content (AvgIpc) is 2.43. The molecule has 0 aromatic heterocycles. The van der Waals surface area contributed by atoms with Gasteiger partial charge in [0.15, 0.2) is 0 Å². The third-order valence-electron chi connectivity index (χ3n) is 2.73. The quantitative estimate of drug-likeness (QED) is 0.617. The third kappa shape index (κ3) is 5.37. The Balaban J connectivity index is 2.72. The van der Waals surface area contributed by atoms with E-state index in [1.54, 1.807) is 12.1 Å². The van der Waals surface area contributed by atoms with Crippen molar-refractivity contribution in [3.05, 3.63) is 26.7 Å². The van der Waals surface area contributed by atoms with Gasteiger partial charge in [-0.15, -0.1) is 0 Å². The highest BCUT2D eigenvalue weighted by Crippen LogP contribution is 2.35. The molecule has 1 unspecified atom stereocenters. The lowest BCUT2D eigenvalue weighted by Gasteiger charge is -2.15. The molecule has 8 heteroatoms. The molecular formula is C13H15BrCl2N2O3. The molecule has 0 bridgehead atoms. The number of carbonyl (C=O) groups is 2. The molecule has 0 saturated carbocycles. The smallest absolute Gasteiger partial charge is 0.326 e. The van der Waals surface area contributed by atoms with Crippen LogP contribution >= 0.6 is 39.1 Å². The number of carboxylic acids is 1. The number of hydrogen-bond acceptors (Lipinski definition) is 2. The topological polar surface area (TPSA) is 78.4 Å². The molecule has 3 N–H and O–H groups in total. The Morgan fingerprint density at radius 3 is 2.57 bits per heavy atom. The van der Waals surface area contributed by atoms with E-state index in [0.29, 0.717) is 23.0 Å². The minimum atomic E-state index is -1.07. The number of aliphatic carboxylic acids is 1. The van der Waals surface area contributed by atoms with Crippen LogP contribution in [0.2, 0.25) is 10.0 Å². The van der Waals surface area contributed by atoms with Crippen LogP contribution in [-0.4, -0.2) is 23.1 Å². The van der Waals surface area contributed by atoms with Gasteiger partial charge in [0.2, 0.25) is 0 Å². The summed E-state index contributed by atoms with van der Waals surface area (Å²) in [5.74, 6) is -1.07. The Bertz CT molecular complexity index is 540. The fourth-order valence-electron chi connectivity index (χ4n) is 1.60. The molecule has 1 aromatic rings. The molecule has 1 atom stereocenters. The largest absolute Gasteiger partial charge is 0.480 e. The second-order valence-corrected chi connectivity index (χ2v) is 5.96. The second kappa shape index (κ2) is 8.46. The minimum Gasteiger partial charge on any atom is -0.480 e. The second-order valence-electron chi connectivity index (χ2n) is 4.35. The molecule has 0 fully saturated rings. The normalized spacial score (nSPS) is 11.8. The van der Waals surface area contributed by atoms with Gasteiger partial charge in [-0.2, -0.15) is 0 Å². The summed E-state index contributed by atoms with van der Waals surface area (Å²) >= 11 is 15.2. The fourth-order valence-corrected chi connectivity index (χ4v) is 2.43. The van der Waals surface area contributed by atoms with Gasteiger partial charge in [0.25, 0.3) is 0 Å². The highest BCUT2D eigenvalue weighted by Gasteiger charge is 2.20. The minimum absolute atomic E-state index is 0.182. The van der Waals surface area contributed by atoms with Crippen LogP contribution in [0.15, 0.2) is 16.6 Å². The average molecular weight is 398 g/mol. The summed E-state index contributed by atoms with van der Waals surface area (Å²) in [6.45, 7) is 1.95. The van der Waals surface area contributed by atoms with E-state index in [1.165, 1.54) is 0 Å². The maximum Gasteiger partial charge on any atom is 0.326 e. The van der Waals surface area contributed by atoms with E-state index in [9.17, 15) is 9.59 Å². The van der Waals surface area contributed by atoms with Crippen molar-refractivity contribution in [1.82, 2.24) is 5.32 Å². The summed E-state index contributed by atoms with van der Waals surface area (Å²) in [6, 6.07) is 1.63. The fraction of sp³-hybridized carbons (Fsp3) is 0.385. The van der Waals surface area contributed by atoms with Crippen LogP contribution in [0, 0.1) is 0 Å². The first-order chi connectivity index (χ1) is 9.86. The number of amides is 2. The first-order valence-electron chi connectivity index (χ1n) is 6.30. The Morgan fingerprint density at radius 2 is 2.00 bits per heavy atom. The summed E-state index contributed by atoms with van der Waals surface area (Å²) < 4.78 is 0.603. The zero-order valence-corrected chi connectivity index (χ0v) is 14.3. The van der Waals surface area contributed by atoms with E-state index in [4.69, 9.17) is 28.3 Å². The van der Waals surface area contributed by atoms with E-state index in [-0.39, 0.29) is 10.0 Å². The molecule has 0 radical (unpaired) electrons. The molecule has 116 valence electrons. The number of nitrogens with one attached hydrogen (secondary N) is 2. The van der Waals surface area contributed by atoms with Gasteiger partial charge in [-0.1, -0.05) is 43.0 Å². The molecule has 0 heterocycles. The van der Waals surface area contributed by atoms with Crippen LogP contribution in [0.5, 0.6) is 0 Å². The van der Waals surface area contributed by atoms with Crippen LogP contribution in [0.4, 0.5) is 10.5 Å². The number of rotatable bonds is 6. The summed E-state index contributed by atoms with van der Waals surface area (Å²) in [6.07, 6.45) is 1.93. The summed E-state index contributed by atoms with van der Waals surface area (Å²) in [7, 11) is 0. The van der Waals surface area contributed by atoms with Gasteiger partial charge in [0, 0.05) is 4.47 Å². The highest BCUT2D eigenvalue weighted by atomic mass is 79.9. The van der Waals surface area contributed by atoms with Crippen molar-refractivity contribution in [2.24, 2.45) is 0 Å². The Labute approximate surface area is 141 Å². The number of unbranched alkanes of at least 4 members (excludes halogenated alkanes) is 1. The van der Waals surface area contributed by atoms with Gasteiger partial charge in [-0.05, 0) is 34.5 Å². The maximum atomic E-state index is 11.8. The molecule has 2 amide bonds. The summed E-state index contributed by atoms with van der Waals surface area (Å²) in [5.41, 5.74) is 0.307. The van der Waals surface area contributed by atoms with Gasteiger partial charge in [-0.25, -0.2) is 9.59 Å². The van der Waals surface area contributed by atoms with Crippen LogP contribution in [-0.2, 0) is 4.79 Å². The van der Waals surface area contributed by atoms with E-state index < -0.39 is 18.0 Å². The van der Waals surface area contributed by atoms with Crippen LogP contribution in [0.3, 0.4) is 0 Å². The molecule has 0 aliphatic heterocycles. The molecule has 0 saturated heterocycles. The van der Waals surface area contributed by atoms with Crippen molar-refractivity contribution in [2.45, 2.75) is 32.2 Å². The van der Waals surface area contributed by atoms with Crippen molar-refractivity contribution in [3.63, 3.8) is 0 Å². The van der Waals surface area contributed by atoms with Gasteiger partial charge in [-0.3, -0.25) is 0 Å². The van der Waals surface area contributed by atoms with Crippen molar-refractivity contribution in [3.8, 4) is 0 Å². The number of halogens is 3. The lowest BCUT2D eigenvalue weighted by molar-refractivity contribution is -0.139. The standard InChI is InChI=1S/C13H15BrCl2N2O3/c1-2-3-4-9(12(19)20)18-13(21)17-8-6-5-7(14)10(15)11(8)16/h5-6,9H,2-4H2,1H3,(H,19,20)(H2,17,18,21). The molecule has 5 nitrogen and oxygen atoms in total. The molecule has 1 rings (SSSR count). The van der Waals surface area contributed by atoms with E-state index in [0.717, 1.165) is 6.42 Å².